The van der Waals surface area contributed by atoms with Gasteiger partial charge in [0, 0.05) is 18.7 Å². The number of sulfonamides is 1. The molecule has 0 unspecified atom stereocenters. The van der Waals surface area contributed by atoms with E-state index >= 15 is 0 Å². The van der Waals surface area contributed by atoms with Crippen molar-refractivity contribution in [2.75, 3.05) is 11.4 Å². The van der Waals surface area contributed by atoms with Crippen LogP contribution in [-0.2, 0) is 10.0 Å². The van der Waals surface area contributed by atoms with Crippen molar-refractivity contribution in [2.45, 2.75) is 36.6 Å². The molecule has 0 spiro atoms. The molecule has 2 bridgehead atoms. The van der Waals surface area contributed by atoms with Gasteiger partial charge in [0.2, 0.25) is 0 Å². The molecule has 6 heteroatoms. The zero-order valence-corrected chi connectivity index (χ0v) is 16.2. The number of anilines is 1. The fraction of sp³-hybridized carbons (Fsp3) is 0.381. The molecular formula is C21H24N2O3S. The van der Waals surface area contributed by atoms with Crippen LogP contribution in [0.3, 0.4) is 0 Å². The van der Waals surface area contributed by atoms with Crippen molar-refractivity contribution in [2.24, 2.45) is 11.8 Å². The molecule has 0 saturated heterocycles. The van der Waals surface area contributed by atoms with Gasteiger partial charge in [-0.15, -0.1) is 0 Å². The molecule has 142 valence electrons. The maximum atomic E-state index is 13.0. The highest BCUT2D eigenvalue weighted by Gasteiger charge is 2.40. The molecule has 0 aromatic heterocycles. The van der Waals surface area contributed by atoms with E-state index in [1.165, 1.54) is 42.7 Å². The van der Waals surface area contributed by atoms with Crippen LogP contribution in [0.15, 0.2) is 59.5 Å². The highest BCUT2D eigenvalue weighted by atomic mass is 32.2. The Morgan fingerprint density at radius 3 is 2.48 bits per heavy atom. The molecule has 0 aliphatic heterocycles. The van der Waals surface area contributed by atoms with Gasteiger partial charge in [0.1, 0.15) is 0 Å². The molecule has 2 aromatic carbocycles. The fourth-order valence-electron chi connectivity index (χ4n) is 4.41. The number of carbonyl (C=O) groups excluding carboxylic acids is 1. The van der Waals surface area contributed by atoms with Gasteiger partial charge < -0.3 is 5.32 Å². The van der Waals surface area contributed by atoms with Crippen molar-refractivity contribution in [3.63, 3.8) is 0 Å². The average Bonchev–Trinajstić information content (AvgIpc) is 3.31. The molecular weight excluding hydrogens is 360 g/mol. The Labute approximate surface area is 160 Å². The summed E-state index contributed by atoms with van der Waals surface area (Å²) in [5.41, 5.74) is 0.967. The van der Waals surface area contributed by atoms with Crippen molar-refractivity contribution in [3.8, 4) is 0 Å². The lowest BCUT2D eigenvalue weighted by Gasteiger charge is -2.23. The lowest BCUT2D eigenvalue weighted by atomic mass is 9.95. The van der Waals surface area contributed by atoms with Crippen LogP contribution in [0.25, 0.3) is 0 Å². The standard InChI is InChI=1S/C21H24N2O3S/c1-23(18-7-3-2-4-8-18)27(25,26)19-9-5-6-17(14-19)21(24)22-20-13-15-10-11-16(20)12-15/h2-9,14-16,20H,10-13H2,1H3,(H,22,24)/t15-,16-,20-/m1/s1. The van der Waals surface area contributed by atoms with Crippen LogP contribution in [0.4, 0.5) is 5.69 Å². The molecule has 1 amide bonds. The van der Waals surface area contributed by atoms with Gasteiger partial charge in [-0.1, -0.05) is 30.7 Å². The summed E-state index contributed by atoms with van der Waals surface area (Å²) >= 11 is 0. The van der Waals surface area contributed by atoms with Crippen molar-refractivity contribution < 1.29 is 13.2 Å². The van der Waals surface area contributed by atoms with E-state index in [9.17, 15) is 13.2 Å². The lowest BCUT2D eigenvalue weighted by Crippen LogP contribution is -2.38. The number of rotatable bonds is 5. The third-order valence-electron chi connectivity index (χ3n) is 5.93. The summed E-state index contributed by atoms with van der Waals surface area (Å²) in [6.07, 6.45) is 4.72. The van der Waals surface area contributed by atoms with Crippen molar-refractivity contribution in [1.29, 1.82) is 0 Å². The zero-order valence-electron chi connectivity index (χ0n) is 15.3. The highest BCUT2D eigenvalue weighted by molar-refractivity contribution is 7.92. The quantitative estimate of drug-likeness (QED) is 0.859. The summed E-state index contributed by atoms with van der Waals surface area (Å²) in [5.74, 6) is 1.13. The Kier molecular flexibility index (Phi) is 4.68. The fourth-order valence-corrected chi connectivity index (χ4v) is 5.65. The van der Waals surface area contributed by atoms with E-state index in [4.69, 9.17) is 0 Å². The Morgan fingerprint density at radius 1 is 1.04 bits per heavy atom. The Morgan fingerprint density at radius 2 is 1.81 bits per heavy atom. The van der Waals surface area contributed by atoms with E-state index in [0.717, 1.165) is 12.3 Å². The van der Waals surface area contributed by atoms with E-state index in [1.807, 2.05) is 6.07 Å². The Bertz CT molecular complexity index is 943. The van der Waals surface area contributed by atoms with Crippen LogP contribution in [-0.4, -0.2) is 27.4 Å². The van der Waals surface area contributed by atoms with Gasteiger partial charge in [0.15, 0.2) is 0 Å². The zero-order chi connectivity index (χ0) is 19.0. The Balaban J connectivity index is 1.54. The molecule has 2 aromatic rings. The molecule has 0 heterocycles. The van der Waals surface area contributed by atoms with E-state index in [2.05, 4.69) is 5.32 Å². The maximum Gasteiger partial charge on any atom is 0.264 e. The van der Waals surface area contributed by atoms with E-state index in [0.29, 0.717) is 17.2 Å². The monoisotopic (exact) mass is 384 g/mol. The van der Waals surface area contributed by atoms with Gasteiger partial charge in [0.25, 0.3) is 15.9 Å². The van der Waals surface area contributed by atoms with Crippen molar-refractivity contribution in [3.05, 3.63) is 60.2 Å². The Hall–Kier alpha value is -2.34. The first-order chi connectivity index (χ1) is 12.9. The smallest absolute Gasteiger partial charge is 0.264 e. The molecule has 2 aliphatic carbocycles. The number of fused-ring (bicyclic) bond motifs is 2. The van der Waals surface area contributed by atoms with Gasteiger partial charge in [0.05, 0.1) is 10.6 Å². The summed E-state index contributed by atoms with van der Waals surface area (Å²) in [6.45, 7) is 0. The first-order valence-corrected chi connectivity index (χ1v) is 10.8. The molecule has 5 nitrogen and oxygen atoms in total. The number of nitrogens with one attached hydrogen (secondary N) is 1. The average molecular weight is 385 g/mol. The van der Waals surface area contributed by atoms with Crippen LogP contribution >= 0.6 is 0 Å². The van der Waals surface area contributed by atoms with Crippen LogP contribution in [0.2, 0.25) is 0 Å². The molecule has 3 atom stereocenters. The molecule has 2 fully saturated rings. The third kappa shape index (κ3) is 3.46. The highest BCUT2D eigenvalue weighted by Crippen LogP contribution is 2.44. The number of hydrogen-bond acceptors (Lipinski definition) is 3. The molecule has 2 saturated carbocycles. The predicted octanol–water partition coefficient (Wildman–Crippen LogP) is 3.43. The summed E-state index contributed by atoms with van der Waals surface area (Å²) in [5, 5.41) is 3.12. The molecule has 27 heavy (non-hydrogen) atoms. The van der Waals surface area contributed by atoms with E-state index < -0.39 is 10.0 Å². The van der Waals surface area contributed by atoms with Crippen LogP contribution in [0, 0.1) is 11.8 Å². The van der Waals surface area contributed by atoms with Crippen LogP contribution < -0.4 is 9.62 Å². The second-order valence-corrected chi connectivity index (χ2v) is 9.56. The number of para-hydroxylation sites is 1. The summed E-state index contributed by atoms with van der Waals surface area (Å²) < 4.78 is 27.1. The maximum absolute atomic E-state index is 13.0. The minimum atomic E-state index is -3.73. The second-order valence-electron chi connectivity index (χ2n) is 7.59. The van der Waals surface area contributed by atoms with Crippen molar-refractivity contribution >= 4 is 21.6 Å². The van der Waals surface area contributed by atoms with Crippen molar-refractivity contribution in [1.82, 2.24) is 5.32 Å². The van der Waals surface area contributed by atoms with Crippen LogP contribution in [0.5, 0.6) is 0 Å². The van der Waals surface area contributed by atoms with Gasteiger partial charge in [-0.05, 0) is 61.4 Å². The van der Waals surface area contributed by atoms with Gasteiger partial charge in [-0.3, -0.25) is 9.10 Å². The first-order valence-electron chi connectivity index (χ1n) is 9.40. The van der Waals surface area contributed by atoms with Gasteiger partial charge in [-0.25, -0.2) is 8.42 Å². The van der Waals surface area contributed by atoms with Gasteiger partial charge in [-0.2, -0.15) is 0 Å². The van der Waals surface area contributed by atoms with Gasteiger partial charge >= 0.3 is 0 Å². The number of nitrogens with zero attached hydrogens (tertiary/aromatic N) is 1. The molecule has 1 N–H and O–H groups in total. The minimum absolute atomic E-state index is 0.120. The largest absolute Gasteiger partial charge is 0.349 e. The molecule has 2 aliphatic rings. The normalized spacial score (nSPS) is 24.0. The van der Waals surface area contributed by atoms with Crippen LogP contribution in [0.1, 0.15) is 36.0 Å². The van der Waals surface area contributed by atoms with E-state index in [-0.39, 0.29) is 16.8 Å². The summed E-state index contributed by atoms with van der Waals surface area (Å²) in [7, 11) is -2.21. The first kappa shape index (κ1) is 18.0. The number of carbonyl (C=O) groups is 1. The number of amides is 1. The predicted molar refractivity (Wildman–Crippen MR) is 105 cm³/mol. The number of benzene rings is 2. The minimum Gasteiger partial charge on any atom is -0.349 e. The second kappa shape index (κ2) is 7.00. The SMILES string of the molecule is CN(c1ccccc1)S(=O)(=O)c1cccc(C(=O)N[C@@H]2C[C@@H]3CC[C@@H]2C3)c1. The van der Waals surface area contributed by atoms with E-state index in [1.54, 1.807) is 36.4 Å². The molecule has 4 rings (SSSR count). The third-order valence-corrected chi connectivity index (χ3v) is 7.71. The molecule has 0 radical (unpaired) electrons. The summed E-state index contributed by atoms with van der Waals surface area (Å²) in [4.78, 5) is 12.8. The topological polar surface area (TPSA) is 66.5 Å². The number of hydrogen-bond donors (Lipinski definition) is 1. The summed E-state index contributed by atoms with van der Waals surface area (Å²) in [6, 6.07) is 15.4. The lowest BCUT2D eigenvalue weighted by molar-refractivity contribution is 0.0922.